The van der Waals surface area contributed by atoms with Crippen LogP contribution < -0.4 is 10.1 Å². The molecule has 0 atom stereocenters. The van der Waals surface area contributed by atoms with E-state index in [0.29, 0.717) is 31.1 Å². The van der Waals surface area contributed by atoms with E-state index in [1.54, 1.807) is 0 Å². The largest absolute Gasteiger partial charge is 0.480 e. The second kappa shape index (κ2) is 5.42. The molecule has 0 amide bonds. The van der Waals surface area contributed by atoms with Crippen molar-refractivity contribution in [2.75, 3.05) is 11.9 Å². The fourth-order valence-corrected chi connectivity index (χ4v) is 2.44. The van der Waals surface area contributed by atoms with Crippen LogP contribution in [0.4, 0.5) is 5.82 Å². The lowest BCUT2D eigenvalue weighted by Gasteiger charge is -2.26. The van der Waals surface area contributed by atoms with Crippen LogP contribution in [0.15, 0.2) is 6.33 Å². The maximum atomic E-state index is 11.5. The Morgan fingerprint density at radius 2 is 2.16 bits per heavy atom. The lowest BCUT2D eigenvalue weighted by molar-refractivity contribution is -0.142. The van der Waals surface area contributed by atoms with Gasteiger partial charge in [0.25, 0.3) is 0 Å². The van der Waals surface area contributed by atoms with Gasteiger partial charge in [-0.3, -0.25) is 0 Å². The first-order valence-corrected chi connectivity index (χ1v) is 6.55. The Morgan fingerprint density at radius 3 is 2.74 bits per heavy atom. The molecule has 0 aromatic carbocycles. The Kier molecular flexibility index (Phi) is 3.87. The Morgan fingerprint density at radius 1 is 1.47 bits per heavy atom. The number of aromatic nitrogens is 2. The third kappa shape index (κ3) is 2.62. The highest BCUT2D eigenvalue weighted by atomic mass is 16.5. The smallest absolute Gasteiger partial charge is 0.329 e. The van der Waals surface area contributed by atoms with Crippen LogP contribution in [0.1, 0.15) is 38.2 Å². The van der Waals surface area contributed by atoms with Gasteiger partial charge in [-0.2, -0.15) is 0 Å². The fraction of sp³-hybridized carbons (Fsp3) is 0.615. The lowest BCUT2D eigenvalue weighted by Crippen LogP contribution is -2.44. The van der Waals surface area contributed by atoms with E-state index in [-0.39, 0.29) is 0 Å². The summed E-state index contributed by atoms with van der Waals surface area (Å²) in [5.41, 5.74) is -0.153. The van der Waals surface area contributed by atoms with E-state index in [9.17, 15) is 9.90 Å². The van der Waals surface area contributed by atoms with Crippen LogP contribution in [0.25, 0.3) is 0 Å². The van der Waals surface area contributed by atoms with Gasteiger partial charge >= 0.3 is 5.97 Å². The molecule has 1 aliphatic rings. The number of carboxylic acids is 1. The summed E-state index contributed by atoms with van der Waals surface area (Å²) in [4.78, 5) is 19.7. The average Bonchev–Trinajstić information content (AvgIpc) is 2.84. The zero-order valence-electron chi connectivity index (χ0n) is 11.3. The van der Waals surface area contributed by atoms with Crippen LogP contribution in [0.3, 0.4) is 0 Å². The highest BCUT2D eigenvalue weighted by Crippen LogP contribution is 2.34. The summed E-state index contributed by atoms with van der Waals surface area (Å²) in [5, 5.41) is 12.5. The second-order valence-electron chi connectivity index (χ2n) is 4.80. The van der Waals surface area contributed by atoms with Gasteiger partial charge in [-0.1, -0.05) is 12.8 Å². The number of nitrogens with one attached hydrogen (secondary N) is 1. The number of carbonyl (C=O) groups is 1. The lowest BCUT2D eigenvalue weighted by atomic mass is 9.97. The van der Waals surface area contributed by atoms with Crippen molar-refractivity contribution in [3.63, 3.8) is 0 Å². The van der Waals surface area contributed by atoms with Crippen LogP contribution in [0.2, 0.25) is 0 Å². The Labute approximate surface area is 112 Å². The van der Waals surface area contributed by atoms with Gasteiger partial charge in [-0.25, -0.2) is 14.8 Å². The minimum atomic E-state index is -0.900. The standard InChI is InChI=1S/C13H19N3O3/c1-3-19-11-9(2)10(14-8-15-11)16-13(12(17)18)6-4-5-7-13/h8H,3-7H2,1-2H3,(H,17,18)(H,14,15,16). The molecule has 1 aromatic rings. The van der Waals surface area contributed by atoms with Crippen molar-refractivity contribution in [2.45, 2.75) is 45.1 Å². The SMILES string of the molecule is CCOc1ncnc(NC2(C(=O)O)CCCC2)c1C. The van der Waals surface area contributed by atoms with Gasteiger partial charge in [-0.15, -0.1) is 0 Å². The molecule has 2 rings (SSSR count). The van der Waals surface area contributed by atoms with E-state index in [1.807, 2.05) is 13.8 Å². The number of anilines is 1. The molecule has 0 radical (unpaired) electrons. The van der Waals surface area contributed by atoms with Crippen molar-refractivity contribution in [1.82, 2.24) is 9.97 Å². The molecular formula is C13H19N3O3. The normalized spacial score (nSPS) is 17.2. The number of aliphatic carboxylic acids is 1. The van der Waals surface area contributed by atoms with Crippen LogP contribution in [-0.4, -0.2) is 33.2 Å². The van der Waals surface area contributed by atoms with E-state index < -0.39 is 11.5 Å². The first-order valence-electron chi connectivity index (χ1n) is 6.55. The third-order valence-corrected chi connectivity index (χ3v) is 3.54. The number of nitrogens with zero attached hydrogens (tertiary/aromatic N) is 2. The fourth-order valence-electron chi connectivity index (χ4n) is 2.44. The highest BCUT2D eigenvalue weighted by molar-refractivity contribution is 5.83. The molecule has 1 fully saturated rings. The average molecular weight is 265 g/mol. The monoisotopic (exact) mass is 265 g/mol. The molecule has 0 aliphatic heterocycles. The molecule has 0 unspecified atom stereocenters. The Hall–Kier alpha value is -1.85. The molecule has 0 saturated heterocycles. The molecule has 104 valence electrons. The molecule has 6 nitrogen and oxygen atoms in total. The zero-order chi connectivity index (χ0) is 13.9. The molecule has 2 N–H and O–H groups in total. The van der Waals surface area contributed by atoms with Gasteiger partial charge in [-0.05, 0) is 26.7 Å². The van der Waals surface area contributed by atoms with Gasteiger partial charge in [0.05, 0.1) is 12.2 Å². The minimum absolute atomic E-state index is 0.499. The molecule has 1 heterocycles. The minimum Gasteiger partial charge on any atom is -0.480 e. The van der Waals surface area contributed by atoms with E-state index in [0.717, 1.165) is 18.4 Å². The molecule has 1 aromatic heterocycles. The quantitative estimate of drug-likeness (QED) is 0.847. The summed E-state index contributed by atoms with van der Waals surface area (Å²) in [6, 6.07) is 0. The predicted octanol–water partition coefficient (Wildman–Crippen LogP) is 1.99. The van der Waals surface area contributed by atoms with E-state index in [1.165, 1.54) is 6.33 Å². The highest BCUT2D eigenvalue weighted by Gasteiger charge is 2.42. The molecule has 1 saturated carbocycles. The van der Waals surface area contributed by atoms with Crippen LogP contribution >= 0.6 is 0 Å². The van der Waals surface area contributed by atoms with Gasteiger partial charge in [0, 0.05) is 0 Å². The Balaban J connectivity index is 2.27. The van der Waals surface area contributed by atoms with Crippen LogP contribution in [0.5, 0.6) is 5.88 Å². The maximum absolute atomic E-state index is 11.5. The maximum Gasteiger partial charge on any atom is 0.329 e. The van der Waals surface area contributed by atoms with Crippen molar-refractivity contribution >= 4 is 11.8 Å². The van der Waals surface area contributed by atoms with Crippen molar-refractivity contribution in [1.29, 1.82) is 0 Å². The molecular weight excluding hydrogens is 246 g/mol. The van der Waals surface area contributed by atoms with Crippen LogP contribution in [-0.2, 0) is 4.79 Å². The van der Waals surface area contributed by atoms with Crippen molar-refractivity contribution < 1.29 is 14.6 Å². The topological polar surface area (TPSA) is 84.3 Å². The van der Waals surface area contributed by atoms with E-state index in [2.05, 4.69) is 15.3 Å². The van der Waals surface area contributed by atoms with Gasteiger partial charge in [0.2, 0.25) is 5.88 Å². The van der Waals surface area contributed by atoms with Crippen molar-refractivity contribution in [2.24, 2.45) is 0 Å². The number of rotatable bonds is 5. The molecule has 19 heavy (non-hydrogen) atoms. The first kappa shape index (κ1) is 13.6. The number of carboxylic acid groups (broad SMARTS) is 1. The second-order valence-corrected chi connectivity index (χ2v) is 4.80. The molecule has 0 spiro atoms. The first-order chi connectivity index (χ1) is 9.09. The predicted molar refractivity (Wildman–Crippen MR) is 70.4 cm³/mol. The summed E-state index contributed by atoms with van der Waals surface area (Å²) < 4.78 is 5.40. The Bertz CT molecular complexity index is 470. The molecule has 0 bridgehead atoms. The molecule has 6 heteroatoms. The number of ether oxygens (including phenoxy) is 1. The summed E-state index contributed by atoms with van der Waals surface area (Å²) in [6.07, 6.45) is 4.47. The summed E-state index contributed by atoms with van der Waals surface area (Å²) in [6.45, 7) is 4.23. The summed E-state index contributed by atoms with van der Waals surface area (Å²) >= 11 is 0. The summed E-state index contributed by atoms with van der Waals surface area (Å²) in [5.74, 6) is 0.224. The van der Waals surface area contributed by atoms with Gasteiger partial charge in [0.1, 0.15) is 17.7 Å². The number of hydrogen-bond donors (Lipinski definition) is 2. The van der Waals surface area contributed by atoms with Crippen LogP contribution in [0, 0.1) is 6.92 Å². The van der Waals surface area contributed by atoms with E-state index in [4.69, 9.17) is 4.74 Å². The number of hydrogen-bond acceptors (Lipinski definition) is 5. The van der Waals surface area contributed by atoms with Gasteiger partial charge < -0.3 is 15.2 Å². The van der Waals surface area contributed by atoms with Crippen molar-refractivity contribution in [3.05, 3.63) is 11.9 Å². The summed E-state index contributed by atoms with van der Waals surface area (Å²) in [7, 11) is 0. The zero-order valence-corrected chi connectivity index (χ0v) is 11.3. The van der Waals surface area contributed by atoms with Crippen molar-refractivity contribution in [3.8, 4) is 5.88 Å². The van der Waals surface area contributed by atoms with E-state index >= 15 is 0 Å². The molecule has 1 aliphatic carbocycles. The van der Waals surface area contributed by atoms with Gasteiger partial charge in [0.15, 0.2) is 0 Å². The third-order valence-electron chi connectivity index (χ3n) is 3.54.